The molecule has 1 fully saturated rings. The van der Waals surface area contributed by atoms with Crippen molar-refractivity contribution in [3.63, 3.8) is 0 Å². The monoisotopic (exact) mass is 528 g/mol. The fraction of sp³-hybridized carbons (Fsp3) is 0.778. The number of hydrogen-bond acceptors (Lipinski definition) is 11. The topological polar surface area (TPSA) is 237 Å². The summed E-state index contributed by atoms with van der Waals surface area (Å²) in [6.07, 6.45) is 0. The SMILES string of the molecule is O=C(O)CN(CC(=O)O)CC(C1CN(CCS(=O)(=O)O)CCN1CCO)N(CC(=O)O)CC(=O)O. The zero-order valence-electron chi connectivity index (χ0n) is 19.0. The van der Waals surface area contributed by atoms with Crippen LogP contribution >= 0.6 is 0 Å². The summed E-state index contributed by atoms with van der Waals surface area (Å²) in [6.45, 7) is -2.91. The maximum absolute atomic E-state index is 11.5. The molecular weight excluding hydrogens is 496 g/mol. The summed E-state index contributed by atoms with van der Waals surface area (Å²) in [6, 6.07) is -1.76. The fourth-order valence-corrected chi connectivity index (χ4v) is 4.57. The average Bonchev–Trinajstić information content (AvgIpc) is 2.69. The number of aliphatic carboxylic acids is 4. The number of β-amino-alcohol motifs (C(OH)–C–C–N with tert-alkyl or cyclic N) is 1. The van der Waals surface area contributed by atoms with Gasteiger partial charge in [-0.1, -0.05) is 0 Å². The molecular formula is C18H32N4O12S. The average molecular weight is 529 g/mol. The molecule has 1 saturated heterocycles. The lowest BCUT2D eigenvalue weighted by atomic mass is 9.99. The molecule has 1 heterocycles. The fourth-order valence-electron chi connectivity index (χ4n) is 4.08. The van der Waals surface area contributed by atoms with Crippen molar-refractivity contribution in [1.82, 2.24) is 19.6 Å². The predicted molar refractivity (Wildman–Crippen MR) is 118 cm³/mol. The third-order valence-electron chi connectivity index (χ3n) is 5.42. The van der Waals surface area contributed by atoms with Crippen molar-refractivity contribution in [2.45, 2.75) is 12.1 Å². The molecule has 0 amide bonds. The van der Waals surface area contributed by atoms with Gasteiger partial charge in [-0.15, -0.1) is 0 Å². The molecule has 2 unspecified atom stereocenters. The number of piperazine rings is 1. The Morgan fingerprint density at radius 2 is 1.37 bits per heavy atom. The van der Waals surface area contributed by atoms with Gasteiger partial charge in [0.15, 0.2) is 0 Å². The Labute approximate surface area is 201 Å². The smallest absolute Gasteiger partial charge is 0.317 e. The standard InChI is InChI=1S/C18H32N4O12S/c23-5-3-21-2-1-19(4-6-35(32,33)34)7-13(21)14(22(11-17(28)29)12-18(30)31)8-20(9-15(24)25)10-16(26)27/h13-14,23H,1-12H2,(H,24,25)(H,26,27)(H,28,29)(H,30,31)(H,32,33,34). The lowest BCUT2D eigenvalue weighted by Gasteiger charge is -2.48. The highest BCUT2D eigenvalue weighted by atomic mass is 32.2. The first-order valence-corrected chi connectivity index (χ1v) is 12.2. The van der Waals surface area contributed by atoms with E-state index in [-0.39, 0.29) is 39.3 Å². The zero-order chi connectivity index (χ0) is 26.8. The van der Waals surface area contributed by atoms with Gasteiger partial charge in [0.25, 0.3) is 10.1 Å². The van der Waals surface area contributed by atoms with Gasteiger partial charge in [-0.2, -0.15) is 8.42 Å². The van der Waals surface area contributed by atoms with Crippen molar-refractivity contribution in [2.75, 3.05) is 77.8 Å². The molecule has 202 valence electrons. The van der Waals surface area contributed by atoms with E-state index in [1.807, 2.05) is 0 Å². The lowest BCUT2D eigenvalue weighted by molar-refractivity contribution is -0.148. The summed E-state index contributed by atoms with van der Waals surface area (Å²) < 4.78 is 31.5. The van der Waals surface area contributed by atoms with Gasteiger partial charge in [0.2, 0.25) is 0 Å². The maximum atomic E-state index is 11.5. The van der Waals surface area contributed by atoms with E-state index < -0.39 is 78.0 Å². The van der Waals surface area contributed by atoms with Crippen LogP contribution in [-0.2, 0) is 29.3 Å². The van der Waals surface area contributed by atoms with Crippen LogP contribution in [0.25, 0.3) is 0 Å². The number of carboxylic acids is 4. The van der Waals surface area contributed by atoms with E-state index in [9.17, 15) is 53.1 Å². The lowest BCUT2D eigenvalue weighted by Crippen LogP contribution is -2.65. The van der Waals surface area contributed by atoms with Crippen LogP contribution < -0.4 is 0 Å². The van der Waals surface area contributed by atoms with Crippen molar-refractivity contribution < 1.29 is 57.7 Å². The van der Waals surface area contributed by atoms with E-state index in [0.717, 1.165) is 9.80 Å². The van der Waals surface area contributed by atoms with E-state index in [2.05, 4.69) is 0 Å². The Morgan fingerprint density at radius 3 is 1.80 bits per heavy atom. The first-order chi connectivity index (χ1) is 16.2. The van der Waals surface area contributed by atoms with E-state index >= 15 is 0 Å². The molecule has 0 aliphatic carbocycles. The number of aliphatic hydroxyl groups excluding tert-OH is 1. The number of rotatable bonds is 17. The molecule has 2 atom stereocenters. The van der Waals surface area contributed by atoms with Crippen LogP contribution in [0.1, 0.15) is 0 Å². The minimum absolute atomic E-state index is 0.0594. The minimum atomic E-state index is -4.28. The van der Waals surface area contributed by atoms with Crippen molar-refractivity contribution in [2.24, 2.45) is 0 Å². The molecule has 1 aliphatic rings. The predicted octanol–water partition coefficient (Wildman–Crippen LogP) is -3.84. The van der Waals surface area contributed by atoms with Crippen LogP contribution in [0, 0.1) is 0 Å². The second-order valence-corrected chi connectivity index (χ2v) is 9.70. The highest BCUT2D eigenvalue weighted by Gasteiger charge is 2.39. The highest BCUT2D eigenvalue weighted by Crippen LogP contribution is 2.19. The van der Waals surface area contributed by atoms with Gasteiger partial charge in [-0.05, 0) is 0 Å². The molecule has 0 aromatic heterocycles. The Kier molecular flexibility index (Phi) is 12.4. The Hall–Kier alpha value is -2.41. The van der Waals surface area contributed by atoms with Gasteiger partial charge in [0, 0.05) is 51.4 Å². The molecule has 0 saturated carbocycles. The number of aliphatic hydroxyl groups is 1. The van der Waals surface area contributed by atoms with Crippen LogP contribution in [0.2, 0.25) is 0 Å². The molecule has 17 heteroatoms. The van der Waals surface area contributed by atoms with Gasteiger partial charge in [-0.25, -0.2) is 0 Å². The first-order valence-electron chi connectivity index (χ1n) is 10.6. The largest absolute Gasteiger partial charge is 0.480 e. The van der Waals surface area contributed by atoms with E-state index in [1.54, 1.807) is 9.80 Å². The van der Waals surface area contributed by atoms with Gasteiger partial charge >= 0.3 is 23.9 Å². The minimum Gasteiger partial charge on any atom is -0.480 e. The summed E-state index contributed by atoms with van der Waals surface area (Å²) in [5.74, 6) is -6.01. The van der Waals surface area contributed by atoms with Crippen LogP contribution in [0.4, 0.5) is 0 Å². The van der Waals surface area contributed by atoms with Gasteiger partial charge in [0.1, 0.15) is 0 Å². The summed E-state index contributed by atoms with van der Waals surface area (Å²) >= 11 is 0. The van der Waals surface area contributed by atoms with E-state index in [0.29, 0.717) is 6.54 Å². The third-order valence-corrected chi connectivity index (χ3v) is 6.12. The maximum Gasteiger partial charge on any atom is 0.317 e. The molecule has 0 aromatic carbocycles. The Balaban J connectivity index is 3.40. The molecule has 1 rings (SSSR count). The first kappa shape index (κ1) is 30.6. The van der Waals surface area contributed by atoms with Crippen molar-refractivity contribution in [3.05, 3.63) is 0 Å². The van der Waals surface area contributed by atoms with E-state index in [4.69, 9.17) is 4.55 Å². The number of hydrogen-bond donors (Lipinski definition) is 6. The third kappa shape index (κ3) is 12.2. The molecule has 0 bridgehead atoms. The van der Waals surface area contributed by atoms with Crippen LogP contribution in [-0.4, -0.2) is 172 Å². The number of nitrogens with zero attached hydrogens (tertiary/aromatic N) is 4. The Morgan fingerprint density at radius 1 is 0.857 bits per heavy atom. The molecule has 1 aliphatic heterocycles. The molecule has 35 heavy (non-hydrogen) atoms. The van der Waals surface area contributed by atoms with E-state index in [1.165, 1.54) is 0 Å². The van der Waals surface area contributed by atoms with Gasteiger partial charge in [-0.3, -0.25) is 43.3 Å². The number of carboxylic acid groups (broad SMARTS) is 4. The van der Waals surface area contributed by atoms with Crippen LogP contribution in [0.3, 0.4) is 0 Å². The number of carbonyl (C=O) groups is 4. The summed E-state index contributed by atoms with van der Waals surface area (Å²) in [4.78, 5) is 51.1. The summed E-state index contributed by atoms with van der Waals surface area (Å²) in [7, 11) is -4.28. The summed E-state index contributed by atoms with van der Waals surface area (Å²) in [5.41, 5.74) is 0. The molecule has 0 aromatic rings. The van der Waals surface area contributed by atoms with Crippen LogP contribution in [0.15, 0.2) is 0 Å². The molecule has 0 radical (unpaired) electrons. The van der Waals surface area contributed by atoms with Crippen molar-refractivity contribution in [3.8, 4) is 0 Å². The second kappa shape index (κ2) is 14.2. The normalized spacial score (nSPS) is 18.6. The van der Waals surface area contributed by atoms with Crippen LogP contribution in [0.5, 0.6) is 0 Å². The summed E-state index contributed by atoms with van der Waals surface area (Å²) in [5, 5.41) is 46.7. The van der Waals surface area contributed by atoms with Crippen molar-refractivity contribution >= 4 is 34.0 Å². The van der Waals surface area contributed by atoms with Gasteiger partial charge in [0.05, 0.1) is 38.5 Å². The molecule has 6 N–H and O–H groups in total. The van der Waals surface area contributed by atoms with Gasteiger partial charge < -0.3 is 25.5 Å². The zero-order valence-corrected chi connectivity index (χ0v) is 19.8. The highest BCUT2D eigenvalue weighted by molar-refractivity contribution is 7.85. The molecule has 16 nitrogen and oxygen atoms in total. The second-order valence-electron chi connectivity index (χ2n) is 8.13. The quantitative estimate of drug-likeness (QED) is 0.0991. The Bertz CT molecular complexity index is 822. The van der Waals surface area contributed by atoms with Crippen molar-refractivity contribution in [1.29, 1.82) is 0 Å². The molecule has 0 spiro atoms.